The van der Waals surface area contributed by atoms with Gasteiger partial charge in [-0.05, 0) is 30.2 Å². The molecule has 1 aliphatic heterocycles. The van der Waals surface area contributed by atoms with Crippen molar-refractivity contribution in [2.75, 3.05) is 52.4 Å². The lowest BCUT2D eigenvalue weighted by Gasteiger charge is -2.36. The Labute approximate surface area is 206 Å². The average Bonchev–Trinajstić information content (AvgIpc) is 2.93. The van der Waals surface area contributed by atoms with E-state index in [0.29, 0.717) is 49.4 Å². The average molecular weight is 477 g/mol. The van der Waals surface area contributed by atoms with Gasteiger partial charge in [0.25, 0.3) is 0 Å². The zero-order valence-corrected chi connectivity index (χ0v) is 20.7. The van der Waals surface area contributed by atoms with Crippen molar-refractivity contribution < 1.29 is 19.0 Å². The Morgan fingerprint density at radius 1 is 0.943 bits per heavy atom. The van der Waals surface area contributed by atoms with Crippen LogP contribution in [0.1, 0.15) is 24.8 Å². The second-order valence-corrected chi connectivity index (χ2v) is 8.34. The third-order valence-electron chi connectivity index (χ3n) is 6.39. The van der Waals surface area contributed by atoms with Gasteiger partial charge >= 0.3 is 0 Å². The fourth-order valence-electron chi connectivity index (χ4n) is 4.48. The molecule has 1 atom stereocenters. The van der Waals surface area contributed by atoms with E-state index in [1.807, 2.05) is 53.4 Å². The van der Waals surface area contributed by atoms with Gasteiger partial charge < -0.3 is 24.0 Å². The molecule has 1 saturated heterocycles. The molecule has 0 spiro atoms. The van der Waals surface area contributed by atoms with Crippen LogP contribution in [0.4, 0.5) is 5.95 Å². The molecule has 8 nitrogen and oxygen atoms in total. The quantitative estimate of drug-likeness (QED) is 0.486. The number of amides is 1. The number of hydrogen-bond donors (Lipinski definition) is 0. The summed E-state index contributed by atoms with van der Waals surface area (Å²) in [6, 6.07) is 15.6. The van der Waals surface area contributed by atoms with E-state index in [-0.39, 0.29) is 11.8 Å². The summed E-state index contributed by atoms with van der Waals surface area (Å²) >= 11 is 0. The van der Waals surface area contributed by atoms with Crippen LogP contribution < -0.4 is 19.1 Å². The Morgan fingerprint density at radius 2 is 1.60 bits per heavy atom. The summed E-state index contributed by atoms with van der Waals surface area (Å²) in [5.74, 6) is 2.39. The molecular formula is C27H32N4O4. The molecule has 0 unspecified atom stereocenters. The van der Waals surface area contributed by atoms with E-state index in [1.54, 1.807) is 27.5 Å². The number of rotatable bonds is 8. The van der Waals surface area contributed by atoms with E-state index < -0.39 is 0 Å². The van der Waals surface area contributed by atoms with Crippen LogP contribution in [0.2, 0.25) is 0 Å². The fraction of sp³-hybridized carbons (Fsp3) is 0.370. The zero-order chi connectivity index (χ0) is 24.8. The normalized spacial score (nSPS) is 14.4. The highest BCUT2D eigenvalue weighted by Crippen LogP contribution is 2.41. The van der Waals surface area contributed by atoms with E-state index in [0.717, 1.165) is 23.2 Å². The number of methoxy groups -OCH3 is 3. The van der Waals surface area contributed by atoms with Gasteiger partial charge in [-0.15, -0.1) is 0 Å². The molecule has 1 fully saturated rings. The van der Waals surface area contributed by atoms with Crippen LogP contribution >= 0.6 is 0 Å². The lowest BCUT2D eigenvalue weighted by atomic mass is 9.95. The van der Waals surface area contributed by atoms with Crippen LogP contribution in [0, 0.1) is 0 Å². The molecule has 0 radical (unpaired) electrons. The molecule has 1 aliphatic rings. The van der Waals surface area contributed by atoms with Gasteiger partial charge in [0.1, 0.15) is 0 Å². The number of anilines is 1. The number of piperazine rings is 1. The zero-order valence-electron chi connectivity index (χ0n) is 20.7. The Balaban J connectivity index is 1.49. The van der Waals surface area contributed by atoms with Gasteiger partial charge in [-0.1, -0.05) is 37.3 Å². The molecular weight excluding hydrogens is 444 g/mol. The molecule has 2 heterocycles. The van der Waals surface area contributed by atoms with Crippen molar-refractivity contribution in [2.45, 2.75) is 19.3 Å². The number of carbonyl (C=O) groups excluding carboxylic acids is 1. The number of nitrogens with zero attached hydrogens (tertiary/aromatic N) is 4. The third-order valence-corrected chi connectivity index (χ3v) is 6.39. The van der Waals surface area contributed by atoms with Gasteiger partial charge in [0.2, 0.25) is 17.6 Å². The highest BCUT2D eigenvalue weighted by molar-refractivity contribution is 5.84. The van der Waals surface area contributed by atoms with Crippen molar-refractivity contribution in [3.63, 3.8) is 0 Å². The maximum absolute atomic E-state index is 13.2. The van der Waals surface area contributed by atoms with Gasteiger partial charge in [-0.3, -0.25) is 4.79 Å². The molecule has 0 bridgehead atoms. The predicted octanol–water partition coefficient (Wildman–Crippen LogP) is 4.01. The number of ether oxygens (including phenoxy) is 3. The molecule has 0 N–H and O–H groups in total. The first-order chi connectivity index (χ1) is 17.1. The largest absolute Gasteiger partial charge is 0.493 e. The fourth-order valence-corrected chi connectivity index (χ4v) is 4.48. The summed E-state index contributed by atoms with van der Waals surface area (Å²) in [5.41, 5.74) is 2.66. The molecule has 0 saturated carbocycles. The van der Waals surface area contributed by atoms with Crippen molar-refractivity contribution in [2.24, 2.45) is 0 Å². The number of hydrogen-bond acceptors (Lipinski definition) is 7. The predicted molar refractivity (Wildman–Crippen MR) is 135 cm³/mol. The molecule has 0 aliphatic carbocycles. The van der Waals surface area contributed by atoms with Gasteiger partial charge in [0.15, 0.2) is 11.5 Å². The van der Waals surface area contributed by atoms with Gasteiger partial charge in [0, 0.05) is 37.9 Å². The van der Waals surface area contributed by atoms with Crippen LogP contribution in [0.3, 0.4) is 0 Å². The van der Waals surface area contributed by atoms with Crippen molar-refractivity contribution in [3.8, 4) is 28.5 Å². The molecule has 1 amide bonds. The summed E-state index contributed by atoms with van der Waals surface area (Å²) in [4.78, 5) is 26.6. The maximum Gasteiger partial charge on any atom is 0.230 e. The standard InChI is InChI=1S/C27H32N4O4/c1-5-21(19-9-7-6-8-10-19)26(32)30-13-15-31(16-14-30)27-28-12-11-22(29-27)20-17-23(33-2)25(35-4)24(18-20)34-3/h6-12,17-18,21H,5,13-16H2,1-4H3/t21-/m1/s1. The van der Waals surface area contributed by atoms with E-state index in [4.69, 9.17) is 19.2 Å². The Bertz CT molecular complexity index is 1120. The molecule has 8 heteroatoms. The van der Waals surface area contributed by atoms with Crippen LogP contribution in [0.15, 0.2) is 54.7 Å². The number of aromatic nitrogens is 2. The van der Waals surface area contributed by atoms with Crippen LogP contribution in [0.25, 0.3) is 11.3 Å². The lowest BCUT2D eigenvalue weighted by molar-refractivity contribution is -0.133. The molecule has 1 aromatic heterocycles. The topological polar surface area (TPSA) is 77.0 Å². The summed E-state index contributed by atoms with van der Waals surface area (Å²) in [6.07, 6.45) is 2.53. The third kappa shape index (κ3) is 5.16. The first-order valence-electron chi connectivity index (χ1n) is 11.8. The summed E-state index contributed by atoms with van der Waals surface area (Å²) in [5, 5.41) is 0. The van der Waals surface area contributed by atoms with Gasteiger partial charge in [0.05, 0.1) is 32.9 Å². The van der Waals surface area contributed by atoms with Gasteiger partial charge in [-0.25, -0.2) is 9.97 Å². The monoisotopic (exact) mass is 476 g/mol. The van der Waals surface area contributed by atoms with Crippen molar-refractivity contribution in [3.05, 3.63) is 60.3 Å². The number of carbonyl (C=O) groups is 1. The smallest absolute Gasteiger partial charge is 0.230 e. The van der Waals surface area contributed by atoms with Gasteiger partial charge in [-0.2, -0.15) is 0 Å². The first kappa shape index (κ1) is 24.3. The summed E-state index contributed by atoms with van der Waals surface area (Å²) < 4.78 is 16.4. The van der Waals surface area contributed by atoms with E-state index >= 15 is 0 Å². The van der Waals surface area contributed by atoms with Crippen LogP contribution in [0.5, 0.6) is 17.2 Å². The molecule has 2 aromatic carbocycles. The second-order valence-electron chi connectivity index (χ2n) is 8.34. The summed E-state index contributed by atoms with van der Waals surface area (Å²) in [7, 11) is 4.76. The van der Waals surface area contributed by atoms with E-state index in [9.17, 15) is 4.79 Å². The molecule has 35 heavy (non-hydrogen) atoms. The van der Waals surface area contributed by atoms with Crippen LogP contribution in [-0.2, 0) is 4.79 Å². The minimum Gasteiger partial charge on any atom is -0.493 e. The first-order valence-corrected chi connectivity index (χ1v) is 11.8. The van der Waals surface area contributed by atoms with Crippen LogP contribution in [-0.4, -0.2) is 68.3 Å². The molecule has 3 aromatic rings. The number of benzene rings is 2. The Kier molecular flexibility index (Phi) is 7.70. The highest BCUT2D eigenvalue weighted by atomic mass is 16.5. The van der Waals surface area contributed by atoms with E-state index in [2.05, 4.69) is 16.8 Å². The molecule has 4 rings (SSSR count). The Morgan fingerprint density at radius 3 is 2.17 bits per heavy atom. The second kappa shape index (κ2) is 11.1. The SMILES string of the molecule is CC[C@@H](C(=O)N1CCN(c2nccc(-c3cc(OC)c(OC)c(OC)c3)n2)CC1)c1ccccc1. The minimum atomic E-state index is -0.109. The Hall–Kier alpha value is -3.81. The highest BCUT2D eigenvalue weighted by Gasteiger charge is 2.28. The van der Waals surface area contributed by atoms with Crippen molar-refractivity contribution >= 4 is 11.9 Å². The lowest BCUT2D eigenvalue weighted by Crippen LogP contribution is -2.50. The van der Waals surface area contributed by atoms with E-state index in [1.165, 1.54) is 0 Å². The molecule has 184 valence electrons. The summed E-state index contributed by atoms with van der Waals surface area (Å²) in [6.45, 7) is 4.69. The van der Waals surface area contributed by atoms with Crippen molar-refractivity contribution in [1.82, 2.24) is 14.9 Å². The van der Waals surface area contributed by atoms with Crippen molar-refractivity contribution in [1.29, 1.82) is 0 Å². The maximum atomic E-state index is 13.2. The minimum absolute atomic E-state index is 0.109.